The van der Waals surface area contributed by atoms with Crippen LogP contribution in [0.5, 0.6) is 23.0 Å². The van der Waals surface area contributed by atoms with E-state index in [9.17, 15) is 45.0 Å². The molecule has 0 atom stereocenters. The van der Waals surface area contributed by atoms with Crippen LogP contribution < -0.4 is 20.0 Å². The van der Waals surface area contributed by atoms with E-state index in [0.29, 0.717) is 27.3 Å². The van der Waals surface area contributed by atoms with Crippen molar-refractivity contribution in [2.45, 2.75) is 20.3 Å². The highest BCUT2D eigenvalue weighted by atomic mass is 16.4. The first-order chi connectivity index (χ1) is 37.0. The second-order valence-corrected chi connectivity index (χ2v) is 18.7. The molecule has 8 aromatic carbocycles. The van der Waals surface area contributed by atoms with Crippen LogP contribution in [0.4, 0.5) is 5.69 Å². The van der Waals surface area contributed by atoms with Gasteiger partial charge < -0.3 is 44.5 Å². The quantitative estimate of drug-likeness (QED) is 0.0862. The number of aromatic carboxylic acids is 2. The standard InChI is InChI=1S/C26H28N3.C23H16O6.C15H10O4/c1-19-17-21(20(2)29(19)24-9-7-6-8-10-24)11-13-23-14-12-22-18-25(27(3)4)15-16-26(22)28(23)5;24-20-16(14-7-3-1-5-12(14)9-18(20)22(26)27)11-17-15-8-4-2-6-13(15)10-19(21(17)25)23(28)29;16-10-6-11(17)15-12(18)8-13(19-14(15)7-10)9-4-2-1-3-5-9/h6-18H,1-5H3;1-10,24-25H,11H2,(H,26,27)(H,28,29);1-8,16-17H/q+1;;/p-1. The topological polar surface area (TPSA) is 201 Å². The zero-order chi connectivity index (χ0) is 54.7. The first-order valence-corrected chi connectivity index (χ1v) is 24.5. The molecule has 0 saturated heterocycles. The SMILES string of the molecule is Cc1cc(C=Cc2ccc3cc(N(C)C)ccc3[n+]2C)c(C)n1-c1ccccc1.O=C(O)c1cc2ccccc2c(Cc2c(O)c(C(=O)O)cc3ccccc23)c1[O-].O=c1cc(-c2ccccc2)oc2cc(O)cc(O)c12. The number of aromatic hydroxyl groups is 3. The molecular formula is C64H53N3O10. The van der Waals surface area contributed by atoms with Crippen LogP contribution in [-0.4, -0.2) is 56.1 Å². The number of hydrogen-bond acceptors (Lipinski definition) is 9. The number of nitrogens with zero attached hydrogens (tertiary/aromatic N) is 3. The highest BCUT2D eigenvalue weighted by molar-refractivity contribution is 6.02. The van der Waals surface area contributed by atoms with Gasteiger partial charge in [0, 0.05) is 96.2 Å². The van der Waals surface area contributed by atoms with Gasteiger partial charge in [-0.3, -0.25) is 4.79 Å². The van der Waals surface area contributed by atoms with Gasteiger partial charge in [0.25, 0.3) is 0 Å². The van der Waals surface area contributed by atoms with Crippen LogP contribution in [0.15, 0.2) is 185 Å². The summed E-state index contributed by atoms with van der Waals surface area (Å²) in [6.45, 7) is 4.35. The lowest BCUT2D eigenvalue weighted by Gasteiger charge is -2.21. The van der Waals surface area contributed by atoms with E-state index in [2.05, 4.69) is 128 Å². The lowest BCUT2D eigenvalue weighted by molar-refractivity contribution is -0.646. The van der Waals surface area contributed by atoms with Gasteiger partial charge in [-0.1, -0.05) is 103 Å². The summed E-state index contributed by atoms with van der Waals surface area (Å²) >= 11 is 0. The zero-order valence-electron chi connectivity index (χ0n) is 42.7. The molecular weight excluding hydrogens is 971 g/mol. The van der Waals surface area contributed by atoms with Gasteiger partial charge in [-0.05, 0) is 101 Å². The van der Waals surface area contributed by atoms with Crippen molar-refractivity contribution >= 4 is 73.2 Å². The molecule has 13 heteroatoms. The molecule has 5 N–H and O–H groups in total. The van der Waals surface area contributed by atoms with E-state index in [0.717, 1.165) is 11.6 Å². The predicted molar refractivity (Wildman–Crippen MR) is 301 cm³/mol. The number of aromatic nitrogens is 2. The Bertz CT molecular complexity index is 4060. The Balaban J connectivity index is 0.000000144. The van der Waals surface area contributed by atoms with Crippen LogP contribution in [0, 0.1) is 13.8 Å². The number of hydrogen-bond donors (Lipinski definition) is 5. The monoisotopic (exact) mass is 1020 g/mol. The van der Waals surface area contributed by atoms with Crippen molar-refractivity contribution in [3.63, 3.8) is 0 Å². The number of fused-ring (bicyclic) bond motifs is 4. The van der Waals surface area contributed by atoms with Crippen molar-refractivity contribution in [1.29, 1.82) is 0 Å². The van der Waals surface area contributed by atoms with E-state index in [4.69, 9.17) is 4.42 Å². The highest BCUT2D eigenvalue weighted by Gasteiger charge is 2.21. The third-order valence-corrected chi connectivity index (χ3v) is 13.5. The van der Waals surface area contributed by atoms with E-state index in [1.54, 1.807) is 48.5 Å². The summed E-state index contributed by atoms with van der Waals surface area (Å²) in [6.07, 6.45) is 4.32. The smallest absolute Gasteiger partial charge is 0.339 e. The normalized spacial score (nSPS) is 11.1. The maximum Gasteiger partial charge on any atom is 0.339 e. The molecule has 13 nitrogen and oxygen atoms in total. The number of anilines is 1. The van der Waals surface area contributed by atoms with Crippen molar-refractivity contribution in [3.8, 4) is 40.0 Å². The van der Waals surface area contributed by atoms with Gasteiger partial charge in [-0.2, -0.15) is 4.57 Å². The van der Waals surface area contributed by atoms with Crippen LogP contribution >= 0.6 is 0 Å². The predicted octanol–water partition coefficient (Wildman–Crippen LogP) is 11.9. The van der Waals surface area contributed by atoms with Gasteiger partial charge >= 0.3 is 11.9 Å². The molecule has 0 amide bonds. The molecule has 0 aliphatic heterocycles. The Morgan fingerprint density at radius 3 is 1.92 bits per heavy atom. The molecule has 0 bridgehead atoms. The number of benzene rings is 8. The van der Waals surface area contributed by atoms with Gasteiger partial charge in [0.1, 0.15) is 46.6 Å². The van der Waals surface area contributed by atoms with Crippen molar-refractivity contribution in [3.05, 3.63) is 231 Å². The van der Waals surface area contributed by atoms with Crippen molar-refractivity contribution in [1.82, 2.24) is 4.57 Å². The Morgan fingerprint density at radius 2 is 1.27 bits per heavy atom. The molecule has 384 valence electrons. The molecule has 77 heavy (non-hydrogen) atoms. The molecule has 3 heterocycles. The van der Waals surface area contributed by atoms with Gasteiger partial charge in [0.2, 0.25) is 11.2 Å². The van der Waals surface area contributed by atoms with Crippen molar-refractivity contribution in [2.24, 2.45) is 7.05 Å². The molecule has 0 aliphatic rings. The van der Waals surface area contributed by atoms with E-state index in [1.165, 1.54) is 69.2 Å². The molecule has 3 aromatic heterocycles. The van der Waals surface area contributed by atoms with Crippen LogP contribution in [0.25, 0.3) is 72.6 Å². The van der Waals surface area contributed by atoms with Crippen LogP contribution in [0.1, 0.15) is 54.5 Å². The number of phenols is 3. The maximum absolute atomic E-state index is 12.9. The zero-order valence-corrected chi connectivity index (χ0v) is 42.7. The molecule has 0 saturated carbocycles. The van der Waals surface area contributed by atoms with Crippen LogP contribution in [0.3, 0.4) is 0 Å². The fraction of sp³-hybridized carbons (Fsp3) is 0.0938. The van der Waals surface area contributed by atoms with Gasteiger partial charge in [-0.15, -0.1) is 0 Å². The lowest BCUT2D eigenvalue weighted by atomic mass is 9.90. The summed E-state index contributed by atoms with van der Waals surface area (Å²) in [4.78, 5) is 37.3. The Hall–Kier alpha value is -10.1. The summed E-state index contributed by atoms with van der Waals surface area (Å²) in [5, 5.41) is 65.2. The van der Waals surface area contributed by atoms with E-state index < -0.39 is 23.4 Å². The summed E-state index contributed by atoms with van der Waals surface area (Å²) in [5.74, 6) is -3.76. The summed E-state index contributed by atoms with van der Waals surface area (Å²) < 4.78 is 10.1. The largest absolute Gasteiger partial charge is 0.872 e. The third kappa shape index (κ3) is 10.6. The number of pyridine rings is 1. The number of rotatable bonds is 9. The highest BCUT2D eigenvalue weighted by Crippen LogP contribution is 2.38. The minimum atomic E-state index is -1.34. The third-order valence-electron chi connectivity index (χ3n) is 13.5. The average molecular weight is 1020 g/mol. The van der Waals surface area contributed by atoms with Gasteiger partial charge in [0.15, 0.2) is 5.43 Å². The van der Waals surface area contributed by atoms with Crippen molar-refractivity contribution in [2.75, 3.05) is 19.0 Å². The molecule has 0 fully saturated rings. The molecule has 0 spiro atoms. The number of carbonyl (C=O) groups is 2. The maximum atomic E-state index is 12.9. The second kappa shape index (κ2) is 21.8. The summed E-state index contributed by atoms with van der Waals surface area (Å²) in [7, 11) is 6.28. The van der Waals surface area contributed by atoms with Crippen LogP contribution in [0.2, 0.25) is 0 Å². The fourth-order valence-corrected chi connectivity index (χ4v) is 9.63. The first kappa shape index (κ1) is 51.7. The Labute approximate surface area is 442 Å². The molecule has 11 rings (SSSR count). The fourth-order valence-electron chi connectivity index (χ4n) is 9.63. The Kier molecular flexibility index (Phi) is 14.6. The minimum Gasteiger partial charge on any atom is -0.872 e. The number of carboxylic acid groups (broad SMARTS) is 2. The first-order valence-electron chi connectivity index (χ1n) is 24.5. The average Bonchev–Trinajstić information content (AvgIpc) is 3.71. The van der Waals surface area contributed by atoms with E-state index >= 15 is 0 Å². The second-order valence-electron chi connectivity index (χ2n) is 18.7. The molecule has 0 radical (unpaired) electrons. The number of carboxylic acids is 2. The van der Waals surface area contributed by atoms with Crippen LogP contribution in [-0.2, 0) is 13.5 Å². The molecule has 11 aromatic rings. The van der Waals surface area contributed by atoms with Gasteiger partial charge in [0.05, 0.1) is 5.56 Å². The molecule has 0 unspecified atom stereocenters. The van der Waals surface area contributed by atoms with E-state index in [-0.39, 0.29) is 56.6 Å². The number of phenolic OH excluding ortho intramolecular Hbond substituents is 2. The van der Waals surface area contributed by atoms with E-state index in [1.807, 2.05) is 30.3 Å². The minimum absolute atomic E-state index is 0.0671. The summed E-state index contributed by atoms with van der Waals surface area (Å²) in [6, 6.07) is 53.2. The Morgan fingerprint density at radius 1 is 0.662 bits per heavy atom. The lowest BCUT2D eigenvalue weighted by Crippen LogP contribution is -2.32. The summed E-state index contributed by atoms with van der Waals surface area (Å²) in [5.41, 5.74) is 8.96. The van der Waals surface area contributed by atoms with Crippen molar-refractivity contribution < 1.29 is 49.2 Å². The van der Waals surface area contributed by atoms with Gasteiger partial charge in [-0.25, -0.2) is 9.59 Å². The number of para-hydroxylation sites is 1. The number of aryl methyl sites for hydroxylation is 2. The molecule has 0 aliphatic carbocycles.